The molecule has 0 amide bonds. The summed E-state index contributed by atoms with van der Waals surface area (Å²) in [7, 11) is 0. The van der Waals surface area contributed by atoms with E-state index < -0.39 is 0 Å². The Labute approximate surface area is 129 Å². The summed E-state index contributed by atoms with van der Waals surface area (Å²) in [6.45, 7) is 1.98. The van der Waals surface area contributed by atoms with Crippen LogP contribution in [0.4, 0.5) is 0 Å². The van der Waals surface area contributed by atoms with Crippen LogP contribution in [-0.2, 0) is 0 Å². The highest BCUT2D eigenvalue weighted by atomic mass is 35.5. The average Bonchev–Trinajstić information content (AvgIpc) is 2.86. The molecule has 0 radical (unpaired) electrons. The molecule has 0 spiro atoms. The normalized spacial score (nSPS) is 22.6. The number of benzene rings is 2. The Morgan fingerprint density at radius 2 is 1.65 bits per heavy atom. The van der Waals surface area contributed by atoms with Gasteiger partial charge in [-0.25, -0.2) is 0 Å². The van der Waals surface area contributed by atoms with Gasteiger partial charge in [0.2, 0.25) is 0 Å². The van der Waals surface area contributed by atoms with Gasteiger partial charge in [0.1, 0.15) is 11.5 Å². The van der Waals surface area contributed by atoms with Gasteiger partial charge in [0.25, 0.3) is 0 Å². The van der Waals surface area contributed by atoms with E-state index in [0.717, 1.165) is 29.6 Å². The maximum atomic E-state index is 6.16. The van der Waals surface area contributed by atoms with Crippen molar-refractivity contribution in [3.8, 4) is 11.5 Å². The monoisotopic (exact) mass is 307 g/mol. The third-order valence-corrected chi connectivity index (χ3v) is 4.36. The Balaban J connectivity index is 0.00000121. The van der Waals surface area contributed by atoms with Crippen LogP contribution in [-0.4, -0.2) is 13.1 Å². The summed E-state index contributed by atoms with van der Waals surface area (Å²) in [5, 5.41) is 4.27. The van der Waals surface area contributed by atoms with Crippen molar-refractivity contribution in [2.75, 3.05) is 13.1 Å². The topological polar surface area (TPSA) is 21.3 Å². The largest absolute Gasteiger partial charge is 0.457 e. The van der Waals surface area contributed by atoms with Gasteiger partial charge in [0.15, 0.2) is 0 Å². The molecular weight excluding hydrogens is 293 g/mol. The predicted octanol–water partition coefficient (Wildman–Crippen LogP) is 4.34. The summed E-state index contributed by atoms with van der Waals surface area (Å²) in [5.74, 6) is 2.82. The summed E-state index contributed by atoms with van der Waals surface area (Å²) in [6, 6.07) is 14.3. The molecule has 2 aromatic carbocycles. The lowest BCUT2D eigenvalue weighted by atomic mass is 9.84. The molecule has 4 rings (SSSR count). The fourth-order valence-electron chi connectivity index (χ4n) is 3.23. The van der Waals surface area contributed by atoms with Gasteiger partial charge in [-0.05, 0) is 29.8 Å². The highest BCUT2D eigenvalue weighted by Crippen LogP contribution is 2.48. The molecule has 0 saturated carbocycles. The Hall–Kier alpha value is -1.22. The van der Waals surface area contributed by atoms with Crippen LogP contribution in [0.25, 0.3) is 0 Å². The SMILES string of the molecule is Cl.Clc1ccc2c(c1)[C@H]1CNC[C@H]1c1ccccc1O2. The molecule has 1 fully saturated rings. The molecule has 1 saturated heterocycles. The van der Waals surface area contributed by atoms with E-state index in [0.29, 0.717) is 11.8 Å². The molecule has 4 heteroatoms. The molecule has 2 heterocycles. The molecule has 2 aliphatic heterocycles. The van der Waals surface area contributed by atoms with E-state index in [1.165, 1.54) is 11.1 Å². The quantitative estimate of drug-likeness (QED) is 0.782. The molecule has 1 N–H and O–H groups in total. The van der Waals surface area contributed by atoms with Crippen molar-refractivity contribution in [1.29, 1.82) is 0 Å². The lowest BCUT2D eigenvalue weighted by molar-refractivity contribution is 0.476. The number of halogens is 2. The van der Waals surface area contributed by atoms with Gasteiger partial charge < -0.3 is 10.1 Å². The zero-order chi connectivity index (χ0) is 12.8. The van der Waals surface area contributed by atoms with Gasteiger partial charge in [0, 0.05) is 35.5 Å². The van der Waals surface area contributed by atoms with Gasteiger partial charge in [-0.1, -0.05) is 29.8 Å². The Morgan fingerprint density at radius 1 is 0.950 bits per heavy atom. The highest BCUT2D eigenvalue weighted by molar-refractivity contribution is 6.30. The first kappa shape index (κ1) is 13.7. The standard InChI is InChI=1S/C16H14ClNO.ClH/c17-10-5-6-16-12(7-10)14-9-18-8-13(14)11-3-1-2-4-15(11)19-16;/h1-7,13-14,18H,8-9H2;1H/t13-,14+;/m0./s1. The number of fused-ring (bicyclic) bond motifs is 5. The number of rotatable bonds is 0. The maximum absolute atomic E-state index is 6.16. The van der Waals surface area contributed by atoms with E-state index >= 15 is 0 Å². The molecule has 2 atom stereocenters. The van der Waals surface area contributed by atoms with Gasteiger partial charge >= 0.3 is 0 Å². The molecule has 2 aliphatic rings. The molecule has 2 aromatic rings. The number of nitrogens with one attached hydrogen (secondary N) is 1. The minimum atomic E-state index is 0. The molecule has 0 aliphatic carbocycles. The lowest BCUT2D eigenvalue weighted by Crippen LogP contribution is -2.08. The molecule has 0 unspecified atom stereocenters. The zero-order valence-corrected chi connectivity index (χ0v) is 12.4. The first-order valence-electron chi connectivity index (χ1n) is 6.60. The smallest absolute Gasteiger partial charge is 0.131 e. The van der Waals surface area contributed by atoms with E-state index in [1.807, 2.05) is 24.3 Å². The summed E-state index contributed by atoms with van der Waals surface area (Å²) < 4.78 is 6.11. The third kappa shape index (κ3) is 2.08. The zero-order valence-electron chi connectivity index (χ0n) is 10.8. The van der Waals surface area contributed by atoms with Crippen molar-refractivity contribution in [2.45, 2.75) is 11.8 Å². The summed E-state index contributed by atoms with van der Waals surface area (Å²) in [6.07, 6.45) is 0. The lowest BCUT2D eigenvalue weighted by Gasteiger charge is -2.17. The Kier molecular flexibility index (Phi) is 3.63. The predicted molar refractivity (Wildman–Crippen MR) is 83.6 cm³/mol. The minimum absolute atomic E-state index is 0. The van der Waals surface area contributed by atoms with Gasteiger partial charge in [-0.2, -0.15) is 0 Å². The second-order valence-corrected chi connectivity index (χ2v) is 5.63. The van der Waals surface area contributed by atoms with Crippen LogP contribution >= 0.6 is 24.0 Å². The van der Waals surface area contributed by atoms with Crippen LogP contribution < -0.4 is 10.1 Å². The van der Waals surface area contributed by atoms with Crippen molar-refractivity contribution in [2.24, 2.45) is 0 Å². The van der Waals surface area contributed by atoms with E-state index in [-0.39, 0.29) is 12.4 Å². The summed E-state index contributed by atoms with van der Waals surface area (Å²) in [5.41, 5.74) is 2.52. The van der Waals surface area contributed by atoms with E-state index in [2.05, 4.69) is 23.5 Å². The van der Waals surface area contributed by atoms with Crippen molar-refractivity contribution in [1.82, 2.24) is 5.32 Å². The van der Waals surface area contributed by atoms with Crippen LogP contribution in [0.5, 0.6) is 11.5 Å². The first-order valence-corrected chi connectivity index (χ1v) is 6.97. The number of hydrogen-bond acceptors (Lipinski definition) is 2. The van der Waals surface area contributed by atoms with E-state index in [4.69, 9.17) is 16.3 Å². The van der Waals surface area contributed by atoms with Crippen molar-refractivity contribution < 1.29 is 4.74 Å². The molecule has 0 bridgehead atoms. The van der Waals surface area contributed by atoms with Crippen LogP contribution in [0, 0.1) is 0 Å². The summed E-state index contributed by atoms with van der Waals surface area (Å²) in [4.78, 5) is 0. The molecule has 0 aromatic heterocycles. The van der Waals surface area contributed by atoms with Gasteiger partial charge in [-0.15, -0.1) is 12.4 Å². The highest BCUT2D eigenvalue weighted by Gasteiger charge is 2.35. The van der Waals surface area contributed by atoms with Gasteiger partial charge in [0.05, 0.1) is 0 Å². The molecule has 20 heavy (non-hydrogen) atoms. The van der Waals surface area contributed by atoms with Gasteiger partial charge in [-0.3, -0.25) is 0 Å². The minimum Gasteiger partial charge on any atom is -0.457 e. The fraction of sp³-hybridized carbons (Fsp3) is 0.250. The summed E-state index contributed by atoms with van der Waals surface area (Å²) >= 11 is 6.16. The van der Waals surface area contributed by atoms with Crippen LogP contribution in [0.15, 0.2) is 42.5 Å². The van der Waals surface area contributed by atoms with Crippen LogP contribution in [0.1, 0.15) is 23.0 Å². The van der Waals surface area contributed by atoms with Crippen LogP contribution in [0.2, 0.25) is 5.02 Å². The second-order valence-electron chi connectivity index (χ2n) is 5.19. The van der Waals surface area contributed by atoms with Crippen molar-refractivity contribution in [3.05, 3.63) is 58.6 Å². The van der Waals surface area contributed by atoms with Crippen molar-refractivity contribution >= 4 is 24.0 Å². The van der Waals surface area contributed by atoms with Crippen molar-refractivity contribution in [3.63, 3.8) is 0 Å². The second kappa shape index (κ2) is 5.28. The number of para-hydroxylation sites is 1. The third-order valence-electron chi connectivity index (χ3n) is 4.12. The number of ether oxygens (including phenoxy) is 1. The molecule has 2 nitrogen and oxygen atoms in total. The van der Waals surface area contributed by atoms with Crippen LogP contribution in [0.3, 0.4) is 0 Å². The fourth-order valence-corrected chi connectivity index (χ4v) is 3.41. The van der Waals surface area contributed by atoms with E-state index in [1.54, 1.807) is 0 Å². The average molecular weight is 308 g/mol. The maximum Gasteiger partial charge on any atom is 0.131 e. The molecule has 104 valence electrons. The Bertz CT molecular complexity index is 644. The number of hydrogen-bond donors (Lipinski definition) is 1. The Morgan fingerprint density at radius 3 is 2.50 bits per heavy atom. The first-order chi connectivity index (χ1) is 9.33. The van der Waals surface area contributed by atoms with E-state index in [9.17, 15) is 0 Å². The molecular formula is C16H15Cl2NO.